The second kappa shape index (κ2) is 9.48. The summed E-state index contributed by atoms with van der Waals surface area (Å²) in [4.78, 5) is 15.0. The number of amides is 1. The van der Waals surface area contributed by atoms with Crippen molar-refractivity contribution in [1.82, 2.24) is 14.8 Å². The molecule has 3 aromatic rings. The quantitative estimate of drug-likeness (QED) is 0.603. The Morgan fingerprint density at radius 2 is 1.87 bits per heavy atom. The molecule has 1 aromatic heterocycles. The van der Waals surface area contributed by atoms with Gasteiger partial charge in [0.2, 0.25) is 5.91 Å². The van der Waals surface area contributed by atoms with E-state index >= 15 is 0 Å². The summed E-state index contributed by atoms with van der Waals surface area (Å²) in [5, 5.41) is 4.27. The van der Waals surface area contributed by atoms with E-state index in [0.29, 0.717) is 19.1 Å². The van der Waals surface area contributed by atoms with Crippen molar-refractivity contribution < 1.29 is 4.79 Å². The fraction of sp³-hybridized carbons (Fsp3) is 0.423. The molecule has 2 aromatic carbocycles. The number of likely N-dealkylation sites (N-methyl/N-ethyl adjacent to an activating group) is 1. The molecular weight excluding hydrogens is 370 g/mol. The van der Waals surface area contributed by atoms with Gasteiger partial charge in [-0.1, -0.05) is 61.2 Å². The van der Waals surface area contributed by atoms with Crippen LogP contribution in [0.15, 0.2) is 54.7 Å². The summed E-state index contributed by atoms with van der Waals surface area (Å²) in [6.07, 6.45) is 8.65. The van der Waals surface area contributed by atoms with Crippen molar-refractivity contribution in [2.24, 2.45) is 0 Å². The van der Waals surface area contributed by atoms with Crippen LogP contribution in [0.3, 0.4) is 0 Å². The number of carbonyl (C=O) groups is 1. The second-order valence-electron chi connectivity index (χ2n) is 8.71. The zero-order valence-corrected chi connectivity index (χ0v) is 18.2. The van der Waals surface area contributed by atoms with E-state index in [1.807, 2.05) is 6.20 Å². The zero-order valence-electron chi connectivity index (χ0n) is 18.2. The van der Waals surface area contributed by atoms with Gasteiger partial charge in [0.15, 0.2) is 0 Å². The van der Waals surface area contributed by atoms with Gasteiger partial charge in [-0.05, 0) is 55.5 Å². The minimum Gasteiger partial charge on any atom is -0.353 e. The van der Waals surface area contributed by atoms with E-state index in [9.17, 15) is 4.79 Å². The molecule has 1 aliphatic carbocycles. The largest absolute Gasteiger partial charge is 0.353 e. The summed E-state index contributed by atoms with van der Waals surface area (Å²) >= 11 is 0. The summed E-state index contributed by atoms with van der Waals surface area (Å²) in [6, 6.07) is 17.8. The summed E-state index contributed by atoms with van der Waals surface area (Å²) in [6.45, 7) is 4.09. The van der Waals surface area contributed by atoms with Gasteiger partial charge in [0, 0.05) is 30.8 Å². The summed E-state index contributed by atoms with van der Waals surface area (Å²) < 4.78 is 2.05. The van der Waals surface area contributed by atoms with Crippen LogP contribution in [0.4, 0.5) is 0 Å². The first-order valence-electron chi connectivity index (χ1n) is 11.2. The molecule has 1 amide bonds. The molecular formula is C26H33N3O. The van der Waals surface area contributed by atoms with E-state index < -0.39 is 0 Å². The molecule has 1 fully saturated rings. The highest BCUT2D eigenvalue weighted by Gasteiger charge is 2.17. The highest BCUT2D eigenvalue weighted by atomic mass is 16.1. The summed E-state index contributed by atoms with van der Waals surface area (Å²) in [5.74, 6) is 0.0745. The first kappa shape index (κ1) is 20.7. The molecule has 1 N–H and O–H groups in total. The Hall–Kier alpha value is -2.59. The van der Waals surface area contributed by atoms with Crippen LogP contribution in [0.2, 0.25) is 0 Å². The fourth-order valence-electron chi connectivity index (χ4n) is 4.61. The molecule has 0 unspecified atom stereocenters. The van der Waals surface area contributed by atoms with Gasteiger partial charge in [0.25, 0.3) is 0 Å². The molecule has 4 heteroatoms. The molecule has 0 aliphatic heterocycles. The topological polar surface area (TPSA) is 37.3 Å². The molecule has 0 saturated heterocycles. The monoisotopic (exact) mass is 403 g/mol. The smallest absolute Gasteiger partial charge is 0.239 e. The first-order valence-corrected chi connectivity index (χ1v) is 11.2. The van der Waals surface area contributed by atoms with Gasteiger partial charge in [-0.2, -0.15) is 0 Å². The van der Waals surface area contributed by atoms with E-state index in [1.54, 1.807) is 0 Å². The Morgan fingerprint density at radius 1 is 1.07 bits per heavy atom. The van der Waals surface area contributed by atoms with E-state index in [0.717, 1.165) is 17.4 Å². The molecule has 4 rings (SSSR count). The molecule has 0 atom stereocenters. The highest BCUT2D eigenvalue weighted by Crippen LogP contribution is 2.26. The lowest BCUT2D eigenvalue weighted by molar-refractivity contribution is -0.121. The lowest BCUT2D eigenvalue weighted by atomic mass is 9.94. The number of carbonyl (C=O) groups excluding carboxylic acids is 1. The van der Waals surface area contributed by atoms with Crippen LogP contribution < -0.4 is 5.32 Å². The van der Waals surface area contributed by atoms with Crippen LogP contribution in [0.25, 0.3) is 22.0 Å². The van der Waals surface area contributed by atoms with E-state index in [1.165, 1.54) is 48.8 Å². The zero-order chi connectivity index (χ0) is 20.9. The van der Waals surface area contributed by atoms with Gasteiger partial charge >= 0.3 is 0 Å². The number of nitrogens with one attached hydrogen (secondary N) is 1. The summed E-state index contributed by atoms with van der Waals surface area (Å²) in [5.41, 5.74) is 4.74. The maximum Gasteiger partial charge on any atom is 0.239 e. The van der Waals surface area contributed by atoms with Crippen LogP contribution in [-0.4, -0.2) is 41.6 Å². The van der Waals surface area contributed by atoms with Crippen molar-refractivity contribution in [3.8, 4) is 11.1 Å². The van der Waals surface area contributed by atoms with Crippen LogP contribution in [0.1, 0.15) is 37.7 Å². The Balaban J connectivity index is 1.37. The van der Waals surface area contributed by atoms with Crippen molar-refractivity contribution in [2.45, 2.75) is 51.6 Å². The number of benzene rings is 2. The molecule has 158 valence electrons. The minimum atomic E-state index is 0.0745. The third kappa shape index (κ3) is 4.93. The number of rotatable bonds is 7. The van der Waals surface area contributed by atoms with Crippen molar-refractivity contribution in [1.29, 1.82) is 0 Å². The van der Waals surface area contributed by atoms with Crippen LogP contribution >= 0.6 is 0 Å². The minimum absolute atomic E-state index is 0.0745. The maximum atomic E-state index is 12.6. The van der Waals surface area contributed by atoms with Crippen LogP contribution in [0.5, 0.6) is 0 Å². The van der Waals surface area contributed by atoms with Gasteiger partial charge in [0.05, 0.1) is 0 Å². The molecule has 4 nitrogen and oxygen atoms in total. The van der Waals surface area contributed by atoms with Crippen LogP contribution in [-0.2, 0) is 11.3 Å². The third-order valence-corrected chi connectivity index (χ3v) is 6.42. The lowest BCUT2D eigenvalue weighted by Crippen LogP contribution is -2.40. The van der Waals surface area contributed by atoms with E-state index in [-0.39, 0.29) is 5.91 Å². The Labute approximate surface area is 179 Å². The number of aromatic nitrogens is 1. The van der Waals surface area contributed by atoms with Gasteiger partial charge in [-0.3, -0.25) is 4.79 Å². The third-order valence-electron chi connectivity index (χ3n) is 6.42. The average molecular weight is 404 g/mol. The number of nitrogens with zero attached hydrogens (tertiary/aromatic N) is 2. The molecule has 1 saturated carbocycles. The average Bonchev–Trinajstić information content (AvgIpc) is 3.16. The molecule has 1 heterocycles. The van der Waals surface area contributed by atoms with E-state index in [2.05, 4.69) is 77.3 Å². The Bertz CT molecular complexity index is 1000. The fourth-order valence-corrected chi connectivity index (χ4v) is 4.61. The highest BCUT2D eigenvalue weighted by molar-refractivity contribution is 5.87. The number of hydrogen-bond acceptors (Lipinski definition) is 2. The normalized spacial score (nSPS) is 15.0. The van der Waals surface area contributed by atoms with Gasteiger partial charge in [-0.15, -0.1) is 0 Å². The first-order chi connectivity index (χ1) is 14.6. The molecule has 0 radical (unpaired) electrons. The van der Waals surface area contributed by atoms with Crippen molar-refractivity contribution >= 4 is 16.8 Å². The van der Waals surface area contributed by atoms with Gasteiger partial charge in [0.1, 0.15) is 6.54 Å². The predicted octanol–water partition coefficient (Wildman–Crippen LogP) is 5.00. The standard InChI is InChI=1S/C26H33N3O/c1-20-7-6-8-22(17-20)23-12-11-21-13-15-29(25(21)18-23)19-26(30)27-14-16-28(2)24-9-4-3-5-10-24/h6-8,11-13,15,17-18,24H,3-5,9-10,14,16,19H2,1-2H3,(H,27,30). The number of hydrogen-bond donors (Lipinski definition) is 1. The SMILES string of the molecule is Cc1cccc(-c2ccc3ccn(CC(=O)NCCN(C)C4CCCCC4)c3c2)c1. The molecule has 30 heavy (non-hydrogen) atoms. The number of aryl methyl sites for hydroxylation is 1. The summed E-state index contributed by atoms with van der Waals surface area (Å²) in [7, 11) is 2.19. The number of fused-ring (bicyclic) bond motifs is 1. The van der Waals surface area contributed by atoms with Crippen molar-refractivity contribution in [2.75, 3.05) is 20.1 Å². The Kier molecular flexibility index (Phi) is 6.53. The van der Waals surface area contributed by atoms with Crippen molar-refractivity contribution in [3.05, 3.63) is 60.3 Å². The van der Waals surface area contributed by atoms with Crippen molar-refractivity contribution in [3.63, 3.8) is 0 Å². The molecule has 1 aliphatic rings. The lowest BCUT2D eigenvalue weighted by Gasteiger charge is -2.31. The molecule has 0 bridgehead atoms. The second-order valence-corrected chi connectivity index (χ2v) is 8.71. The predicted molar refractivity (Wildman–Crippen MR) is 125 cm³/mol. The van der Waals surface area contributed by atoms with Gasteiger partial charge < -0.3 is 14.8 Å². The Morgan fingerprint density at radius 3 is 2.67 bits per heavy atom. The van der Waals surface area contributed by atoms with Gasteiger partial charge in [-0.25, -0.2) is 0 Å². The maximum absolute atomic E-state index is 12.6. The molecule has 0 spiro atoms. The van der Waals surface area contributed by atoms with E-state index in [4.69, 9.17) is 0 Å². The van der Waals surface area contributed by atoms with Crippen LogP contribution in [0, 0.1) is 6.92 Å².